The Labute approximate surface area is 130 Å². The average molecular weight is 306 g/mol. The first kappa shape index (κ1) is 14.6. The minimum atomic E-state index is 0.194. The Bertz CT molecular complexity index is 634. The molecule has 4 nitrogen and oxygen atoms in total. The Morgan fingerprint density at radius 1 is 1.43 bits per heavy atom. The Kier molecular flexibility index (Phi) is 4.29. The van der Waals surface area contributed by atoms with Gasteiger partial charge < -0.3 is 15.0 Å². The summed E-state index contributed by atoms with van der Waals surface area (Å²) >= 11 is 6.03. The molecule has 1 aromatic carbocycles. The summed E-state index contributed by atoms with van der Waals surface area (Å²) in [6, 6.07) is 8.02. The van der Waals surface area contributed by atoms with Gasteiger partial charge in [0.25, 0.3) is 0 Å². The van der Waals surface area contributed by atoms with Gasteiger partial charge in [0.2, 0.25) is 0 Å². The van der Waals surface area contributed by atoms with E-state index in [0.717, 1.165) is 36.3 Å². The van der Waals surface area contributed by atoms with Crippen LogP contribution < -0.4 is 5.32 Å². The fraction of sp³-hybridized carbons (Fsp3) is 0.438. The van der Waals surface area contributed by atoms with Crippen molar-refractivity contribution in [2.75, 3.05) is 32.1 Å². The predicted molar refractivity (Wildman–Crippen MR) is 87.1 cm³/mol. The summed E-state index contributed by atoms with van der Waals surface area (Å²) in [7, 11) is 2.13. The molecule has 1 aromatic heterocycles. The number of nitrogens with one attached hydrogen (secondary N) is 1. The summed E-state index contributed by atoms with van der Waals surface area (Å²) < 4.78 is 5.87. The zero-order chi connectivity index (χ0) is 14.8. The maximum Gasteiger partial charge on any atom is 0.0900 e. The minimum absolute atomic E-state index is 0.194. The molecule has 0 bridgehead atoms. The highest BCUT2D eigenvalue weighted by Crippen LogP contribution is 2.25. The molecule has 0 spiro atoms. The lowest BCUT2D eigenvalue weighted by Gasteiger charge is -2.34. The molecule has 3 rings (SSSR count). The maximum atomic E-state index is 6.03. The first-order chi connectivity index (χ1) is 10.1. The largest absolute Gasteiger partial charge is 0.379 e. The van der Waals surface area contributed by atoms with E-state index in [4.69, 9.17) is 16.3 Å². The van der Waals surface area contributed by atoms with Gasteiger partial charge in [-0.3, -0.25) is 4.98 Å². The number of benzene rings is 1. The average Bonchev–Trinajstić information content (AvgIpc) is 2.47. The molecular weight excluding hydrogens is 286 g/mol. The molecule has 0 amide bonds. The topological polar surface area (TPSA) is 37.4 Å². The van der Waals surface area contributed by atoms with E-state index in [1.165, 1.54) is 0 Å². The molecule has 0 aliphatic carbocycles. The van der Waals surface area contributed by atoms with Crippen LogP contribution in [0.4, 0.5) is 5.69 Å². The quantitative estimate of drug-likeness (QED) is 0.946. The van der Waals surface area contributed by atoms with Crippen molar-refractivity contribution in [2.45, 2.75) is 19.1 Å². The SMILES string of the molecule is CC(Nc1ccnc2cc(Cl)ccc12)C1CN(C)CCO1. The fourth-order valence-electron chi connectivity index (χ4n) is 2.70. The molecule has 1 aliphatic rings. The maximum absolute atomic E-state index is 6.03. The molecule has 2 aromatic rings. The Hall–Kier alpha value is -1.36. The summed E-state index contributed by atoms with van der Waals surface area (Å²) in [6.45, 7) is 4.90. The van der Waals surface area contributed by atoms with Gasteiger partial charge in [0, 0.05) is 35.4 Å². The third-order valence-electron chi connectivity index (χ3n) is 3.94. The van der Waals surface area contributed by atoms with Gasteiger partial charge in [-0.15, -0.1) is 0 Å². The highest BCUT2D eigenvalue weighted by molar-refractivity contribution is 6.31. The minimum Gasteiger partial charge on any atom is -0.379 e. The van der Waals surface area contributed by atoms with E-state index in [-0.39, 0.29) is 12.1 Å². The third kappa shape index (κ3) is 3.28. The normalized spacial score (nSPS) is 21.4. The van der Waals surface area contributed by atoms with E-state index in [1.807, 2.05) is 30.5 Å². The van der Waals surface area contributed by atoms with Crippen molar-refractivity contribution in [1.82, 2.24) is 9.88 Å². The van der Waals surface area contributed by atoms with Crippen molar-refractivity contribution in [3.05, 3.63) is 35.5 Å². The lowest BCUT2D eigenvalue weighted by molar-refractivity contribution is -0.0259. The number of fused-ring (bicyclic) bond motifs is 1. The number of aromatic nitrogens is 1. The van der Waals surface area contributed by atoms with Gasteiger partial charge in [-0.25, -0.2) is 0 Å². The number of hydrogen-bond donors (Lipinski definition) is 1. The molecule has 1 aliphatic heterocycles. The summed E-state index contributed by atoms with van der Waals surface area (Å²) in [5, 5.41) is 5.35. The predicted octanol–water partition coefficient (Wildman–Crippen LogP) is 3.02. The van der Waals surface area contributed by atoms with Crippen LogP contribution in [0.3, 0.4) is 0 Å². The van der Waals surface area contributed by atoms with Crippen molar-refractivity contribution in [2.24, 2.45) is 0 Å². The van der Waals surface area contributed by atoms with Gasteiger partial charge in [0.15, 0.2) is 0 Å². The lowest BCUT2D eigenvalue weighted by atomic mass is 10.1. The van der Waals surface area contributed by atoms with Crippen molar-refractivity contribution in [1.29, 1.82) is 0 Å². The lowest BCUT2D eigenvalue weighted by Crippen LogP contribution is -2.47. The van der Waals surface area contributed by atoms with Crippen molar-refractivity contribution in [3.63, 3.8) is 0 Å². The molecule has 0 radical (unpaired) electrons. The van der Waals surface area contributed by atoms with Crippen LogP contribution in [0.5, 0.6) is 0 Å². The van der Waals surface area contributed by atoms with E-state index < -0.39 is 0 Å². The Morgan fingerprint density at radius 2 is 2.29 bits per heavy atom. The molecule has 1 saturated heterocycles. The fourth-order valence-corrected chi connectivity index (χ4v) is 2.87. The van der Waals surface area contributed by atoms with Crippen LogP contribution in [0, 0.1) is 0 Å². The monoisotopic (exact) mass is 305 g/mol. The van der Waals surface area contributed by atoms with E-state index in [9.17, 15) is 0 Å². The second-order valence-corrected chi connectivity index (χ2v) is 6.06. The standard InChI is InChI=1S/C16H20ClN3O/c1-11(16-10-20(2)7-8-21-16)19-14-5-6-18-15-9-12(17)3-4-13(14)15/h3-6,9,11,16H,7-8,10H2,1-2H3,(H,18,19). The number of halogens is 1. The van der Waals surface area contributed by atoms with E-state index in [0.29, 0.717) is 5.02 Å². The Morgan fingerprint density at radius 3 is 3.10 bits per heavy atom. The van der Waals surface area contributed by atoms with Gasteiger partial charge in [0.1, 0.15) is 0 Å². The molecule has 1 N–H and O–H groups in total. The highest BCUT2D eigenvalue weighted by Gasteiger charge is 2.23. The van der Waals surface area contributed by atoms with Gasteiger partial charge in [-0.2, -0.15) is 0 Å². The van der Waals surface area contributed by atoms with Gasteiger partial charge in [0.05, 0.1) is 24.3 Å². The molecule has 2 atom stereocenters. The number of likely N-dealkylation sites (N-methyl/N-ethyl adjacent to an activating group) is 1. The van der Waals surface area contributed by atoms with Crippen LogP contribution in [0.1, 0.15) is 6.92 Å². The number of rotatable bonds is 3. The second-order valence-electron chi connectivity index (χ2n) is 5.62. The van der Waals surface area contributed by atoms with E-state index >= 15 is 0 Å². The van der Waals surface area contributed by atoms with Gasteiger partial charge >= 0.3 is 0 Å². The van der Waals surface area contributed by atoms with Crippen LogP contribution in [0.25, 0.3) is 10.9 Å². The number of anilines is 1. The number of morpholine rings is 1. The van der Waals surface area contributed by atoms with Crippen LogP contribution >= 0.6 is 11.6 Å². The second kappa shape index (κ2) is 6.18. The van der Waals surface area contributed by atoms with E-state index in [1.54, 1.807) is 0 Å². The van der Waals surface area contributed by atoms with Gasteiger partial charge in [-0.05, 0) is 38.2 Å². The van der Waals surface area contributed by atoms with Crippen LogP contribution in [0.2, 0.25) is 5.02 Å². The summed E-state index contributed by atoms with van der Waals surface area (Å²) in [5.74, 6) is 0. The van der Waals surface area contributed by atoms with Crippen LogP contribution in [-0.2, 0) is 4.74 Å². The first-order valence-electron chi connectivity index (χ1n) is 7.24. The summed E-state index contributed by atoms with van der Waals surface area (Å²) in [5.41, 5.74) is 1.97. The smallest absolute Gasteiger partial charge is 0.0900 e. The van der Waals surface area contributed by atoms with Crippen LogP contribution in [0.15, 0.2) is 30.5 Å². The van der Waals surface area contributed by atoms with Gasteiger partial charge in [-0.1, -0.05) is 11.6 Å². The highest BCUT2D eigenvalue weighted by atomic mass is 35.5. The summed E-state index contributed by atoms with van der Waals surface area (Å²) in [4.78, 5) is 6.67. The molecule has 5 heteroatoms. The van der Waals surface area contributed by atoms with Crippen molar-refractivity contribution < 1.29 is 4.74 Å². The zero-order valence-electron chi connectivity index (χ0n) is 12.3. The number of hydrogen-bond acceptors (Lipinski definition) is 4. The number of nitrogens with zero attached hydrogens (tertiary/aromatic N) is 2. The molecule has 1 fully saturated rings. The first-order valence-corrected chi connectivity index (χ1v) is 7.62. The molecular formula is C16H20ClN3O. The Balaban J connectivity index is 1.81. The molecule has 2 heterocycles. The molecule has 2 unspecified atom stereocenters. The molecule has 21 heavy (non-hydrogen) atoms. The number of pyridine rings is 1. The van der Waals surface area contributed by atoms with Crippen molar-refractivity contribution in [3.8, 4) is 0 Å². The zero-order valence-corrected chi connectivity index (χ0v) is 13.1. The molecule has 112 valence electrons. The van der Waals surface area contributed by atoms with Crippen LogP contribution in [-0.4, -0.2) is 48.8 Å². The summed E-state index contributed by atoms with van der Waals surface area (Å²) in [6.07, 6.45) is 2.00. The van der Waals surface area contributed by atoms with E-state index in [2.05, 4.69) is 29.2 Å². The third-order valence-corrected chi connectivity index (χ3v) is 4.18. The molecule has 0 saturated carbocycles. The van der Waals surface area contributed by atoms with Crippen molar-refractivity contribution >= 4 is 28.2 Å². The number of ether oxygens (including phenoxy) is 1.